The smallest absolute Gasteiger partial charge is 0.329 e. The van der Waals surface area contributed by atoms with Gasteiger partial charge in [0.25, 0.3) is 0 Å². The molecular weight excluding hydrogens is 220 g/mol. The molecule has 0 bridgehead atoms. The maximum Gasteiger partial charge on any atom is 0.329 e. The maximum atomic E-state index is 12.2. The number of likely N-dealkylation sites (N-methyl/N-ethyl adjacent to an activating group) is 1. The average Bonchev–Trinajstić information content (AvgIpc) is 2.27. The number of carboxylic acids is 1. The number of rotatable bonds is 6. The Kier molecular flexibility index (Phi) is 5.61. The van der Waals surface area contributed by atoms with Crippen LogP contribution in [0.25, 0.3) is 0 Å². The van der Waals surface area contributed by atoms with E-state index in [0.717, 1.165) is 6.42 Å². The summed E-state index contributed by atoms with van der Waals surface area (Å²) in [5.74, 6) is -1.28. The fourth-order valence-electron chi connectivity index (χ4n) is 1.62. The number of amides is 1. The Morgan fingerprint density at radius 3 is 2.12 bits per heavy atom. The molecule has 3 N–H and O–H groups in total. The van der Waals surface area contributed by atoms with E-state index in [-0.39, 0.29) is 11.8 Å². The van der Waals surface area contributed by atoms with Gasteiger partial charge in [0.1, 0.15) is 5.54 Å². The van der Waals surface area contributed by atoms with Crippen LogP contribution in [-0.2, 0) is 9.59 Å². The molecule has 0 fully saturated rings. The summed E-state index contributed by atoms with van der Waals surface area (Å²) in [5, 5.41) is 9.13. The van der Waals surface area contributed by atoms with Crippen molar-refractivity contribution in [1.82, 2.24) is 4.90 Å². The van der Waals surface area contributed by atoms with Gasteiger partial charge in [0, 0.05) is 6.54 Å². The fourth-order valence-corrected chi connectivity index (χ4v) is 1.62. The zero-order valence-electron chi connectivity index (χ0n) is 11.4. The monoisotopic (exact) mass is 244 g/mol. The molecule has 0 aromatic heterocycles. The highest BCUT2D eigenvalue weighted by Crippen LogP contribution is 2.18. The minimum Gasteiger partial charge on any atom is -0.480 e. The molecular formula is C12H24N2O3. The lowest BCUT2D eigenvalue weighted by molar-refractivity contribution is -0.157. The van der Waals surface area contributed by atoms with Crippen LogP contribution in [0, 0.1) is 5.92 Å². The molecule has 1 amide bonds. The summed E-state index contributed by atoms with van der Waals surface area (Å²) < 4.78 is 0. The number of hydrogen-bond acceptors (Lipinski definition) is 3. The molecule has 17 heavy (non-hydrogen) atoms. The van der Waals surface area contributed by atoms with Crippen LogP contribution < -0.4 is 5.73 Å². The standard InChI is InChI=1S/C12H24N2O3/c1-6-8(3)9(13)10(15)14(7-2)12(4,5)11(16)17/h8-9H,6-7,13H2,1-5H3,(H,16,17)/t8?,9-/m0/s1. The SMILES string of the molecule is CCC(C)[C@H](N)C(=O)N(CC)C(C)(C)C(=O)O. The fraction of sp³-hybridized carbons (Fsp3) is 0.833. The molecule has 0 aliphatic carbocycles. The van der Waals surface area contributed by atoms with Crippen molar-refractivity contribution in [2.75, 3.05) is 6.54 Å². The van der Waals surface area contributed by atoms with Crippen LogP contribution in [0.4, 0.5) is 0 Å². The molecule has 2 atom stereocenters. The van der Waals surface area contributed by atoms with Crippen LogP contribution in [0.1, 0.15) is 41.0 Å². The molecule has 5 heteroatoms. The van der Waals surface area contributed by atoms with E-state index in [4.69, 9.17) is 10.8 Å². The second-order valence-electron chi connectivity index (χ2n) is 4.86. The quantitative estimate of drug-likeness (QED) is 0.732. The lowest BCUT2D eigenvalue weighted by Crippen LogP contribution is -2.58. The van der Waals surface area contributed by atoms with Gasteiger partial charge in [-0.1, -0.05) is 20.3 Å². The zero-order valence-corrected chi connectivity index (χ0v) is 11.4. The molecule has 0 radical (unpaired) electrons. The predicted octanol–water partition coefficient (Wildman–Crippen LogP) is 1.07. The van der Waals surface area contributed by atoms with Crippen molar-refractivity contribution in [2.45, 2.75) is 52.6 Å². The Morgan fingerprint density at radius 2 is 1.82 bits per heavy atom. The number of hydrogen-bond donors (Lipinski definition) is 2. The van der Waals surface area contributed by atoms with Crippen molar-refractivity contribution in [3.05, 3.63) is 0 Å². The van der Waals surface area contributed by atoms with E-state index < -0.39 is 17.6 Å². The predicted molar refractivity (Wildman–Crippen MR) is 66.5 cm³/mol. The van der Waals surface area contributed by atoms with Gasteiger partial charge in [-0.15, -0.1) is 0 Å². The number of nitrogens with two attached hydrogens (primary N) is 1. The van der Waals surface area contributed by atoms with Crippen LogP contribution in [0.15, 0.2) is 0 Å². The average molecular weight is 244 g/mol. The highest BCUT2D eigenvalue weighted by molar-refractivity contribution is 5.89. The van der Waals surface area contributed by atoms with E-state index in [1.807, 2.05) is 13.8 Å². The molecule has 0 spiro atoms. The second kappa shape index (κ2) is 6.00. The van der Waals surface area contributed by atoms with E-state index in [1.54, 1.807) is 6.92 Å². The summed E-state index contributed by atoms with van der Waals surface area (Å²) in [6, 6.07) is -0.640. The van der Waals surface area contributed by atoms with Crippen LogP contribution in [0.2, 0.25) is 0 Å². The molecule has 0 aromatic rings. The largest absolute Gasteiger partial charge is 0.480 e. The highest BCUT2D eigenvalue weighted by Gasteiger charge is 2.39. The first-order valence-corrected chi connectivity index (χ1v) is 6.00. The minimum absolute atomic E-state index is 0.0427. The summed E-state index contributed by atoms with van der Waals surface area (Å²) in [6.07, 6.45) is 0.790. The van der Waals surface area contributed by atoms with E-state index >= 15 is 0 Å². The van der Waals surface area contributed by atoms with Gasteiger partial charge in [-0.3, -0.25) is 4.79 Å². The molecule has 1 unspecified atom stereocenters. The molecule has 0 saturated heterocycles. The molecule has 0 aliphatic heterocycles. The molecule has 0 heterocycles. The highest BCUT2D eigenvalue weighted by atomic mass is 16.4. The van der Waals surface area contributed by atoms with Gasteiger partial charge in [0.2, 0.25) is 5.91 Å². The number of carbonyl (C=O) groups is 2. The normalized spacial score (nSPS) is 15.2. The van der Waals surface area contributed by atoms with E-state index in [1.165, 1.54) is 18.7 Å². The Labute approximate surface area is 103 Å². The summed E-state index contributed by atoms with van der Waals surface area (Å²) >= 11 is 0. The topological polar surface area (TPSA) is 83.6 Å². The second-order valence-corrected chi connectivity index (χ2v) is 4.86. The zero-order chi connectivity index (χ0) is 13.8. The lowest BCUT2D eigenvalue weighted by Gasteiger charge is -2.36. The molecule has 5 nitrogen and oxygen atoms in total. The molecule has 0 aliphatic rings. The van der Waals surface area contributed by atoms with E-state index in [0.29, 0.717) is 6.54 Å². The third kappa shape index (κ3) is 3.43. The van der Waals surface area contributed by atoms with E-state index in [2.05, 4.69) is 0 Å². The van der Waals surface area contributed by atoms with Crippen molar-refractivity contribution in [1.29, 1.82) is 0 Å². The van der Waals surface area contributed by atoms with Crippen LogP contribution >= 0.6 is 0 Å². The first kappa shape index (κ1) is 15.9. The number of nitrogens with zero attached hydrogens (tertiary/aromatic N) is 1. The van der Waals surface area contributed by atoms with Crippen molar-refractivity contribution in [3.8, 4) is 0 Å². The summed E-state index contributed by atoms with van der Waals surface area (Å²) in [7, 11) is 0. The third-order valence-corrected chi connectivity index (χ3v) is 3.32. The summed E-state index contributed by atoms with van der Waals surface area (Å²) in [6.45, 7) is 8.97. The third-order valence-electron chi connectivity index (χ3n) is 3.32. The first-order chi connectivity index (χ1) is 7.69. The number of aliphatic carboxylic acids is 1. The van der Waals surface area contributed by atoms with Crippen LogP contribution in [0.3, 0.4) is 0 Å². The van der Waals surface area contributed by atoms with Gasteiger partial charge in [-0.05, 0) is 26.7 Å². The number of carboxylic acid groups (broad SMARTS) is 1. The molecule has 0 aromatic carbocycles. The van der Waals surface area contributed by atoms with Gasteiger partial charge < -0.3 is 15.7 Å². The Hall–Kier alpha value is -1.10. The lowest BCUT2D eigenvalue weighted by atomic mass is 9.95. The van der Waals surface area contributed by atoms with Crippen molar-refractivity contribution < 1.29 is 14.7 Å². The van der Waals surface area contributed by atoms with Crippen molar-refractivity contribution >= 4 is 11.9 Å². The Bertz CT molecular complexity index is 289. The Balaban J connectivity index is 5.02. The summed E-state index contributed by atoms with van der Waals surface area (Å²) in [4.78, 5) is 24.6. The van der Waals surface area contributed by atoms with Crippen molar-refractivity contribution in [3.63, 3.8) is 0 Å². The molecule has 100 valence electrons. The maximum absolute atomic E-state index is 12.2. The van der Waals surface area contributed by atoms with Crippen LogP contribution in [0.5, 0.6) is 0 Å². The molecule has 0 saturated carbocycles. The Morgan fingerprint density at radius 1 is 1.35 bits per heavy atom. The van der Waals surface area contributed by atoms with Gasteiger partial charge >= 0.3 is 5.97 Å². The first-order valence-electron chi connectivity index (χ1n) is 6.00. The van der Waals surface area contributed by atoms with Gasteiger partial charge in [0.15, 0.2) is 0 Å². The van der Waals surface area contributed by atoms with Gasteiger partial charge in [-0.25, -0.2) is 4.79 Å². The van der Waals surface area contributed by atoms with E-state index in [9.17, 15) is 9.59 Å². The van der Waals surface area contributed by atoms with Gasteiger partial charge in [-0.2, -0.15) is 0 Å². The molecule has 0 rings (SSSR count). The van der Waals surface area contributed by atoms with Gasteiger partial charge in [0.05, 0.1) is 6.04 Å². The minimum atomic E-state index is -1.23. The van der Waals surface area contributed by atoms with Crippen molar-refractivity contribution in [2.24, 2.45) is 11.7 Å². The van der Waals surface area contributed by atoms with Crippen LogP contribution in [-0.4, -0.2) is 40.0 Å². The summed E-state index contributed by atoms with van der Waals surface area (Å²) in [5.41, 5.74) is 4.64. The number of carbonyl (C=O) groups excluding carboxylic acids is 1.